The fourth-order valence-corrected chi connectivity index (χ4v) is 2.10. The number of nitrogens with two attached hydrogens (primary N) is 1. The Morgan fingerprint density at radius 1 is 1.24 bits per heavy atom. The molecule has 1 aromatic carbocycles. The molecule has 0 saturated carbocycles. The summed E-state index contributed by atoms with van der Waals surface area (Å²) >= 11 is 0. The van der Waals surface area contributed by atoms with Crippen molar-refractivity contribution >= 4 is 16.6 Å². The normalized spacial score (nSPS) is 11.3. The molecule has 0 aliphatic heterocycles. The Hall–Kier alpha value is -1.57. The molecular weight excluding hydrogens is 208 g/mol. The lowest BCUT2D eigenvalue weighted by Gasteiger charge is -2.09. The second-order valence-electron chi connectivity index (χ2n) is 5.01. The summed E-state index contributed by atoms with van der Waals surface area (Å²) in [6, 6.07) is 8.38. The quantitative estimate of drug-likeness (QED) is 0.872. The first kappa shape index (κ1) is 11.9. The lowest BCUT2D eigenvalue weighted by atomic mass is 10.0. The summed E-state index contributed by atoms with van der Waals surface area (Å²) in [5.74, 6) is 0.606. The Bertz CT molecular complexity index is 530. The van der Waals surface area contributed by atoms with Gasteiger partial charge in [-0.05, 0) is 42.5 Å². The Balaban J connectivity index is 2.51. The maximum absolute atomic E-state index is 6.12. The van der Waals surface area contributed by atoms with Crippen molar-refractivity contribution < 1.29 is 0 Å². The molecule has 1 heterocycles. The molecule has 0 aliphatic carbocycles. The number of aryl methyl sites for hydroxylation is 1. The monoisotopic (exact) mass is 228 g/mol. The van der Waals surface area contributed by atoms with Crippen molar-refractivity contribution in [2.75, 3.05) is 5.73 Å². The molecule has 0 aliphatic rings. The van der Waals surface area contributed by atoms with Crippen LogP contribution in [0.4, 0.5) is 5.69 Å². The molecule has 2 N–H and O–H groups in total. The number of fused-ring (bicyclic) bond motifs is 1. The maximum Gasteiger partial charge on any atom is 0.0726 e. The van der Waals surface area contributed by atoms with Crippen molar-refractivity contribution in [3.8, 4) is 0 Å². The van der Waals surface area contributed by atoms with Gasteiger partial charge in [0, 0.05) is 16.8 Å². The first-order valence-electron chi connectivity index (χ1n) is 6.28. The number of benzene rings is 1. The van der Waals surface area contributed by atoms with Crippen molar-refractivity contribution in [2.45, 2.75) is 33.6 Å². The molecule has 2 rings (SSSR count). The summed E-state index contributed by atoms with van der Waals surface area (Å²) in [5, 5.41) is 1.08. The van der Waals surface area contributed by atoms with Crippen LogP contribution < -0.4 is 5.73 Å². The summed E-state index contributed by atoms with van der Waals surface area (Å²) in [4.78, 5) is 4.67. The third-order valence-corrected chi connectivity index (χ3v) is 2.98. The van der Waals surface area contributed by atoms with Gasteiger partial charge < -0.3 is 5.73 Å². The van der Waals surface area contributed by atoms with E-state index in [2.05, 4.69) is 44.0 Å². The SMILES string of the molecule is CCc1ccc2nc(CC(C)C)cc(N)c2c1. The van der Waals surface area contributed by atoms with Crippen molar-refractivity contribution in [3.05, 3.63) is 35.5 Å². The number of aromatic nitrogens is 1. The number of hydrogen-bond donors (Lipinski definition) is 1. The minimum atomic E-state index is 0.606. The van der Waals surface area contributed by atoms with Crippen LogP contribution in [-0.2, 0) is 12.8 Å². The van der Waals surface area contributed by atoms with Crippen LogP contribution in [0.1, 0.15) is 32.0 Å². The molecule has 2 heteroatoms. The minimum Gasteiger partial charge on any atom is -0.398 e. The summed E-state index contributed by atoms with van der Waals surface area (Å²) in [6.45, 7) is 6.54. The Morgan fingerprint density at radius 2 is 2.00 bits per heavy atom. The highest BCUT2D eigenvalue weighted by Crippen LogP contribution is 2.23. The average Bonchev–Trinajstić information content (AvgIpc) is 2.28. The number of pyridine rings is 1. The van der Waals surface area contributed by atoms with E-state index in [0.29, 0.717) is 5.92 Å². The molecular formula is C15H20N2. The summed E-state index contributed by atoms with van der Waals surface area (Å²) in [6.07, 6.45) is 2.01. The molecule has 0 bridgehead atoms. The van der Waals surface area contributed by atoms with Crippen molar-refractivity contribution in [2.24, 2.45) is 5.92 Å². The second kappa shape index (κ2) is 4.74. The Labute approximate surface area is 103 Å². The van der Waals surface area contributed by atoms with Gasteiger partial charge in [-0.2, -0.15) is 0 Å². The van der Waals surface area contributed by atoms with E-state index in [1.165, 1.54) is 5.56 Å². The first-order chi connectivity index (χ1) is 8.10. The van der Waals surface area contributed by atoms with Gasteiger partial charge in [0.2, 0.25) is 0 Å². The molecule has 0 radical (unpaired) electrons. The fourth-order valence-electron chi connectivity index (χ4n) is 2.10. The van der Waals surface area contributed by atoms with Crippen LogP contribution in [0.3, 0.4) is 0 Å². The van der Waals surface area contributed by atoms with Crippen LogP contribution in [0.15, 0.2) is 24.3 Å². The van der Waals surface area contributed by atoms with E-state index >= 15 is 0 Å². The Morgan fingerprint density at radius 3 is 2.65 bits per heavy atom. The number of hydrogen-bond acceptors (Lipinski definition) is 2. The predicted octanol–water partition coefficient (Wildman–Crippen LogP) is 3.58. The van der Waals surface area contributed by atoms with E-state index in [1.807, 2.05) is 6.07 Å². The van der Waals surface area contributed by atoms with Crippen molar-refractivity contribution in [1.29, 1.82) is 0 Å². The molecule has 1 aromatic heterocycles. The predicted molar refractivity (Wildman–Crippen MR) is 74.1 cm³/mol. The van der Waals surface area contributed by atoms with Crippen LogP contribution in [0.25, 0.3) is 10.9 Å². The molecule has 0 unspecified atom stereocenters. The molecule has 0 saturated heterocycles. The van der Waals surface area contributed by atoms with Crippen LogP contribution in [0.5, 0.6) is 0 Å². The van der Waals surface area contributed by atoms with Gasteiger partial charge in [0.15, 0.2) is 0 Å². The van der Waals surface area contributed by atoms with Gasteiger partial charge in [0.05, 0.1) is 5.52 Å². The average molecular weight is 228 g/mol. The fraction of sp³-hybridized carbons (Fsp3) is 0.400. The largest absolute Gasteiger partial charge is 0.398 e. The topological polar surface area (TPSA) is 38.9 Å². The van der Waals surface area contributed by atoms with E-state index in [0.717, 1.165) is 35.1 Å². The van der Waals surface area contributed by atoms with E-state index < -0.39 is 0 Å². The van der Waals surface area contributed by atoms with Gasteiger partial charge in [0.25, 0.3) is 0 Å². The molecule has 2 aromatic rings. The highest BCUT2D eigenvalue weighted by Gasteiger charge is 2.05. The first-order valence-corrected chi connectivity index (χ1v) is 6.28. The van der Waals surface area contributed by atoms with E-state index in [4.69, 9.17) is 5.73 Å². The van der Waals surface area contributed by atoms with Crippen molar-refractivity contribution in [3.63, 3.8) is 0 Å². The summed E-state index contributed by atoms with van der Waals surface area (Å²) in [7, 11) is 0. The minimum absolute atomic E-state index is 0.606. The summed E-state index contributed by atoms with van der Waals surface area (Å²) < 4.78 is 0. The second-order valence-corrected chi connectivity index (χ2v) is 5.01. The van der Waals surface area contributed by atoms with Gasteiger partial charge >= 0.3 is 0 Å². The van der Waals surface area contributed by atoms with Gasteiger partial charge in [-0.1, -0.05) is 26.8 Å². The van der Waals surface area contributed by atoms with E-state index in [9.17, 15) is 0 Å². The zero-order valence-corrected chi connectivity index (χ0v) is 10.8. The van der Waals surface area contributed by atoms with E-state index in [1.54, 1.807) is 0 Å². The van der Waals surface area contributed by atoms with Crippen LogP contribution in [0, 0.1) is 5.92 Å². The van der Waals surface area contributed by atoms with Crippen LogP contribution >= 0.6 is 0 Å². The van der Waals surface area contributed by atoms with Gasteiger partial charge in [0.1, 0.15) is 0 Å². The Kier molecular flexibility index (Phi) is 3.32. The third kappa shape index (κ3) is 2.57. The lowest BCUT2D eigenvalue weighted by molar-refractivity contribution is 0.637. The third-order valence-electron chi connectivity index (χ3n) is 2.98. The summed E-state index contributed by atoms with van der Waals surface area (Å²) in [5.41, 5.74) is 10.4. The van der Waals surface area contributed by atoms with Crippen LogP contribution in [-0.4, -0.2) is 4.98 Å². The zero-order valence-electron chi connectivity index (χ0n) is 10.8. The lowest BCUT2D eigenvalue weighted by Crippen LogP contribution is -2.00. The van der Waals surface area contributed by atoms with Gasteiger partial charge in [-0.15, -0.1) is 0 Å². The molecule has 0 amide bonds. The maximum atomic E-state index is 6.12. The molecule has 17 heavy (non-hydrogen) atoms. The molecule has 90 valence electrons. The molecule has 2 nitrogen and oxygen atoms in total. The number of anilines is 1. The highest BCUT2D eigenvalue weighted by atomic mass is 14.7. The van der Waals surface area contributed by atoms with Gasteiger partial charge in [-0.25, -0.2) is 0 Å². The van der Waals surface area contributed by atoms with E-state index in [-0.39, 0.29) is 0 Å². The van der Waals surface area contributed by atoms with Crippen LogP contribution in [0.2, 0.25) is 0 Å². The number of nitrogen functional groups attached to an aromatic ring is 1. The smallest absolute Gasteiger partial charge is 0.0726 e. The molecule has 0 fully saturated rings. The highest BCUT2D eigenvalue weighted by molar-refractivity contribution is 5.90. The van der Waals surface area contributed by atoms with Crippen molar-refractivity contribution in [1.82, 2.24) is 4.98 Å². The number of nitrogens with zero attached hydrogens (tertiary/aromatic N) is 1. The molecule has 0 atom stereocenters. The number of rotatable bonds is 3. The van der Waals surface area contributed by atoms with Gasteiger partial charge in [-0.3, -0.25) is 4.98 Å². The standard InChI is InChI=1S/C15H20N2/c1-4-11-5-6-15-13(8-11)14(16)9-12(17-15)7-10(2)3/h5-6,8-10H,4,7H2,1-3H3,(H2,16,17). The molecule has 0 spiro atoms. The zero-order chi connectivity index (χ0) is 12.4.